The van der Waals surface area contributed by atoms with Crippen molar-refractivity contribution < 1.29 is 9.59 Å². The van der Waals surface area contributed by atoms with E-state index in [2.05, 4.69) is 15.6 Å². The number of hydrogen-bond acceptors (Lipinski definition) is 8. The van der Waals surface area contributed by atoms with E-state index in [1.165, 1.54) is 23.3 Å². The molecule has 1 heterocycles. The minimum Gasteiger partial charge on any atom is -0.360 e. The number of carbonyl (C=O) groups excluding carboxylic acids is 2. The number of nitrogens with zero attached hydrogens (tertiary/aromatic N) is 2. The minimum absolute atomic E-state index is 0.0110. The normalized spacial score (nSPS) is 11.5. The van der Waals surface area contributed by atoms with Crippen LogP contribution >= 0.6 is 11.8 Å². The van der Waals surface area contributed by atoms with Gasteiger partial charge >= 0.3 is 0 Å². The van der Waals surface area contributed by atoms with Crippen molar-refractivity contribution in [2.75, 3.05) is 24.2 Å². The lowest BCUT2D eigenvalue weighted by Gasteiger charge is -2.19. The van der Waals surface area contributed by atoms with Crippen molar-refractivity contribution in [2.45, 2.75) is 45.4 Å². The van der Waals surface area contributed by atoms with Gasteiger partial charge in [0.05, 0.1) is 36.0 Å². The second kappa shape index (κ2) is 13.4. The third-order valence-corrected chi connectivity index (χ3v) is 6.15. The smallest absolute Gasteiger partial charge is 0.294 e. The SMILES string of the molecule is CCc1cn(C(CC)C(=O)NCC(=O)CSCc2ccccc2)c(=O)c(NCC(=N)C(C)=N)n1. The zero-order chi connectivity index (χ0) is 25.1. The molecule has 34 heavy (non-hydrogen) atoms. The summed E-state index contributed by atoms with van der Waals surface area (Å²) in [5, 5.41) is 20.8. The second-order valence-corrected chi connectivity index (χ2v) is 8.75. The van der Waals surface area contributed by atoms with E-state index in [0.29, 0.717) is 18.5 Å². The van der Waals surface area contributed by atoms with Crippen molar-refractivity contribution in [1.29, 1.82) is 10.8 Å². The predicted octanol–water partition coefficient (Wildman–Crippen LogP) is 2.85. The standard InChI is InChI=1S/C24H32N6O3S/c1-4-18-13-30(24(33)22(29-18)27-12-20(26)16(3)25)21(5-2)23(32)28-11-19(31)15-34-14-17-9-7-6-8-10-17/h6-10,13,21,25-26H,4-5,11-12,14-15H2,1-3H3,(H,27,29)(H,28,32). The molecule has 1 aromatic carbocycles. The van der Waals surface area contributed by atoms with Crippen LogP contribution in [-0.2, 0) is 21.8 Å². The molecule has 0 saturated carbocycles. The fourth-order valence-electron chi connectivity index (χ4n) is 3.10. The molecule has 0 aliphatic carbocycles. The zero-order valence-corrected chi connectivity index (χ0v) is 20.6. The highest BCUT2D eigenvalue weighted by atomic mass is 32.2. The van der Waals surface area contributed by atoms with Crippen LogP contribution in [0.25, 0.3) is 0 Å². The molecule has 0 fully saturated rings. The summed E-state index contributed by atoms with van der Waals surface area (Å²) >= 11 is 1.49. The summed E-state index contributed by atoms with van der Waals surface area (Å²) in [4.78, 5) is 42.4. The Morgan fingerprint density at radius 3 is 2.47 bits per heavy atom. The highest BCUT2D eigenvalue weighted by Crippen LogP contribution is 2.13. The summed E-state index contributed by atoms with van der Waals surface area (Å²) in [6, 6.07) is 9.05. The Kier molecular flexibility index (Phi) is 10.7. The van der Waals surface area contributed by atoms with Gasteiger partial charge in [-0.05, 0) is 25.3 Å². The van der Waals surface area contributed by atoms with Gasteiger partial charge in [-0.25, -0.2) is 4.98 Å². The number of hydrogen-bond donors (Lipinski definition) is 4. The molecule has 4 N–H and O–H groups in total. The van der Waals surface area contributed by atoms with Crippen LogP contribution in [0.4, 0.5) is 5.82 Å². The first-order valence-electron chi connectivity index (χ1n) is 11.2. The molecule has 0 aliphatic rings. The fraction of sp³-hybridized carbons (Fsp3) is 0.417. The van der Waals surface area contributed by atoms with Crippen LogP contribution < -0.4 is 16.2 Å². The summed E-state index contributed by atoms with van der Waals surface area (Å²) in [7, 11) is 0. The maximum absolute atomic E-state index is 13.0. The topological polar surface area (TPSA) is 141 Å². The molecule has 10 heteroatoms. The number of anilines is 1. The average Bonchev–Trinajstić information content (AvgIpc) is 2.83. The highest BCUT2D eigenvalue weighted by Gasteiger charge is 2.22. The molecule has 0 aliphatic heterocycles. The lowest BCUT2D eigenvalue weighted by molar-refractivity contribution is -0.127. The summed E-state index contributed by atoms with van der Waals surface area (Å²) in [5.74, 6) is 0.532. The number of amides is 1. The quantitative estimate of drug-likeness (QED) is 0.304. The molecule has 0 spiro atoms. The van der Waals surface area contributed by atoms with Crippen molar-refractivity contribution in [3.8, 4) is 0 Å². The Hall–Kier alpha value is -3.27. The van der Waals surface area contributed by atoms with Crippen LogP contribution in [0.3, 0.4) is 0 Å². The van der Waals surface area contributed by atoms with Gasteiger partial charge in [0.1, 0.15) is 6.04 Å². The van der Waals surface area contributed by atoms with E-state index in [9.17, 15) is 14.4 Å². The molecule has 0 bridgehead atoms. The van der Waals surface area contributed by atoms with Crippen LogP contribution in [0.1, 0.15) is 44.5 Å². The van der Waals surface area contributed by atoms with E-state index in [1.807, 2.05) is 37.3 Å². The Morgan fingerprint density at radius 1 is 1.15 bits per heavy atom. The van der Waals surface area contributed by atoms with Gasteiger partial charge in [0.2, 0.25) is 5.91 Å². The Balaban J connectivity index is 2.03. The highest BCUT2D eigenvalue weighted by molar-refractivity contribution is 7.99. The van der Waals surface area contributed by atoms with E-state index in [1.54, 1.807) is 13.1 Å². The van der Waals surface area contributed by atoms with E-state index in [4.69, 9.17) is 10.8 Å². The maximum atomic E-state index is 13.0. The van der Waals surface area contributed by atoms with E-state index < -0.39 is 17.5 Å². The molecule has 1 amide bonds. The van der Waals surface area contributed by atoms with E-state index in [0.717, 1.165) is 11.3 Å². The molecular formula is C24H32N6O3S. The molecule has 182 valence electrons. The van der Waals surface area contributed by atoms with Crippen LogP contribution in [0.2, 0.25) is 0 Å². The zero-order valence-electron chi connectivity index (χ0n) is 19.8. The number of ketones is 1. The molecule has 1 atom stereocenters. The van der Waals surface area contributed by atoms with Gasteiger partial charge in [0.25, 0.3) is 5.56 Å². The van der Waals surface area contributed by atoms with Crippen molar-refractivity contribution in [3.63, 3.8) is 0 Å². The lowest BCUT2D eigenvalue weighted by atomic mass is 10.2. The number of thioether (sulfide) groups is 1. The van der Waals surface area contributed by atoms with Gasteiger partial charge in [-0.3, -0.25) is 19.0 Å². The molecule has 9 nitrogen and oxygen atoms in total. The molecule has 0 saturated heterocycles. The number of nitrogens with one attached hydrogen (secondary N) is 4. The molecule has 0 radical (unpaired) electrons. The monoisotopic (exact) mass is 484 g/mol. The Morgan fingerprint density at radius 2 is 1.85 bits per heavy atom. The Bertz CT molecular complexity index is 1080. The van der Waals surface area contributed by atoms with Crippen LogP contribution in [-0.4, -0.2) is 51.5 Å². The van der Waals surface area contributed by atoms with Crippen LogP contribution in [0, 0.1) is 10.8 Å². The minimum atomic E-state index is -0.796. The first-order valence-corrected chi connectivity index (χ1v) is 12.3. The number of aryl methyl sites for hydroxylation is 1. The second-order valence-electron chi connectivity index (χ2n) is 7.76. The maximum Gasteiger partial charge on any atom is 0.294 e. The largest absolute Gasteiger partial charge is 0.360 e. The van der Waals surface area contributed by atoms with Crippen LogP contribution in [0.15, 0.2) is 41.3 Å². The van der Waals surface area contributed by atoms with Crippen molar-refractivity contribution >= 4 is 40.7 Å². The van der Waals surface area contributed by atoms with Crippen molar-refractivity contribution in [2.24, 2.45) is 0 Å². The van der Waals surface area contributed by atoms with Crippen molar-refractivity contribution in [1.82, 2.24) is 14.9 Å². The van der Waals surface area contributed by atoms with Gasteiger partial charge in [-0.1, -0.05) is 44.2 Å². The first kappa shape index (κ1) is 27.0. The van der Waals surface area contributed by atoms with Gasteiger partial charge in [-0.15, -0.1) is 11.8 Å². The molecule has 1 unspecified atom stereocenters. The summed E-state index contributed by atoms with van der Waals surface area (Å²) in [6.45, 7) is 5.07. The molecule has 1 aromatic heterocycles. The van der Waals surface area contributed by atoms with Gasteiger partial charge in [0, 0.05) is 11.9 Å². The van der Waals surface area contributed by atoms with E-state index in [-0.39, 0.29) is 41.9 Å². The van der Waals surface area contributed by atoms with Gasteiger partial charge in [0.15, 0.2) is 11.6 Å². The number of Topliss-reactive ketones (excluding diaryl/α,β-unsaturated/α-hetero) is 1. The number of carbonyl (C=O) groups is 2. The third-order valence-electron chi connectivity index (χ3n) is 5.09. The average molecular weight is 485 g/mol. The molecule has 2 aromatic rings. The predicted molar refractivity (Wildman–Crippen MR) is 137 cm³/mol. The molecule has 2 rings (SSSR count). The third kappa shape index (κ3) is 7.95. The fourth-order valence-corrected chi connectivity index (χ4v) is 3.96. The van der Waals surface area contributed by atoms with Crippen molar-refractivity contribution in [3.05, 3.63) is 58.1 Å². The summed E-state index contributed by atoms with van der Waals surface area (Å²) in [6.07, 6.45) is 2.46. The number of rotatable bonds is 14. The number of aromatic nitrogens is 2. The number of benzene rings is 1. The lowest BCUT2D eigenvalue weighted by Crippen LogP contribution is -2.40. The van der Waals surface area contributed by atoms with Gasteiger partial charge in [-0.2, -0.15) is 0 Å². The molecular weight excluding hydrogens is 452 g/mol. The summed E-state index contributed by atoms with van der Waals surface area (Å²) in [5.41, 5.74) is 1.40. The summed E-state index contributed by atoms with van der Waals surface area (Å²) < 4.78 is 1.33. The van der Waals surface area contributed by atoms with Gasteiger partial charge < -0.3 is 21.5 Å². The van der Waals surface area contributed by atoms with E-state index >= 15 is 0 Å². The van der Waals surface area contributed by atoms with Crippen LogP contribution in [0.5, 0.6) is 0 Å². The Labute approximate surface area is 203 Å². The first-order chi connectivity index (χ1) is 16.3.